The van der Waals surface area contributed by atoms with E-state index in [1.54, 1.807) is 16.9 Å². The lowest BCUT2D eigenvalue weighted by Gasteiger charge is -2.21. The molecule has 0 spiro atoms. The van der Waals surface area contributed by atoms with E-state index in [0.717, 1.165) is 6.54 Å². The van der Waals surface area contributed by atoms with Gasteiger partial charge in [0.25, 0.3) is 0 Å². The van der Waals surface area contributed by atoms with Crippen molar-refractivity contribution in [1.82, 2.24) is 5.32 Å². The molecule has 1 aliphatic rings. The summed E-state index contributed by atoms with van der Waals surface area (Å²) in [6.07, 6.45) is 8.97. The van der Waals surface area contributed by atoms with E-state index in [2.05, 4.69) is 56.2 Å². The summed E-state index contributed by atoms with van der Waals surface area (Å²) in [5, 5.41) is 3.64. The molecule has 2 rings (SSSR count). The van der Waals surface area contributed by atoms with Crippen LogP contribution in [0.5, 0.6) is 0 Å². The standard InChI is InChI=1S/C14H19Br2NS/c1-2-17-13(10-7-5-3-4-6-8-10)11-9-12(15)18-14(11)16/h7,9,13,17H,2-6,8H2,1H3. The van der Waals surface area contributed by atoms with Crippen LogP contribution in [-0.2, 0) is 0 Å². The molecule has 0 saturated heterocycles. The van der Waals surface area contributed by atoms with Gasteiger partial charge in [0.1, 0.15) is 0 Å². The minimum Gasteiger partial charge on any atom is -0.307 e. The molecule has 1 aromatic rings. The summed E-state index contributed by atoms with van der Waals surface area (Å²) < 4.78 is 2.44. The summed E-state index contributed by atoms with van der Waals surface area (Å²) in [4.78, 5) is 0. The Balaban J connectivity index is 2.26. The minimum absolute atomic E-state index is 0.380. The number of halogens is 2. The second-order valence-corrected chi connectivity index (χ2v) is 8.40. The summed E-state index contributed by atoms with van der Waals surface area (Å²) in [6.45, 7) is 3.18. The molecule has 0 radical (unpaired) electrons. The quantitative estimate of drug-likeness (QED) is 0.637. The fourth-order valence-electron chi connectivity index (χ4n) is 2.50. The smallest absolute Gasteiger partial charge is 0.0761 e. The van der Waals surface area contributed by atoms with Crippen LogP contribution in [0, 0.1) is 0 Å². The number of likely N-dealkylation sites (N-methyl/N-ethyl adjacent to an activating group) is 1. The Morgan fingerprint density at radius 2 is 2.17 bits per heavy atom. The highest BCUT2D eigenvalue weighted by Crippen LogP contribution is 2.39. The largest absolute Gasteiger partial charge is 0.307 e. The minimum atomic E-state index is 0.380. The highest BCUT2D eigenvalue weighted by Gasteiger charge is 2.20. The van der Waals surface area contributed by atoms with Crippen LogP contribution in [0.15, 0.2) is 25.3 Å². The van der Waals surface area contributed by atoms with Gasteiger partial charge in [0.05, 0.1) is 13.6 Å². The van der Waals surface area contributed by atoms with E-state index in [0.29, 0.717) is 6.04 Å². The van der Waals surface area contributed by atoms with Crippen LogP contribution in [0.3, 0.4) is 0 Å². The predicted molar refractivity (Wildman–Crippen MR) is 87.3 cm³/mol. The Bertz CT molecular complexity index is 425. The fraction of sp³-hybridized carbons (Fsp3) is 0.571. The number of hydrogen-bond acceptors (Lipinski definition) is 2. The van der Waals surface area contributed by atoms with Crippen molar-refractivity contribution in [2.24, 2.45) is 0 Å². The van der Waals surface area contributed by atoms with Gasteiger partial charge >= 0.3 is 0 Å². The SMILES string of the molecule is CCNC(C1=CCCCCC1)c1cc(Br)sc1Br. The molecule has 0 aromatic carbocycles. The van der Waals surface area contributed by atoms with Crippen LogP contribution >= 0.6 is 43.2 Å². The molecule has 1 aromatic heterocycles. The Hall–Kier alpha value is 0.360. The summed E-state index contributed by atoms with van der Waals surface area (Å²) in [5.41, 5.74) is 2.95. The normalized spacial score (nSPS) is 18.3. The van der Waals surface area contributed by atoms with Crippen molar-refractivity contribution in [3.8, 4) is 0 Å². The van der Waals surface area contributed by atoms with Gasteiger partial charge in [-0.1, -0.05) is 25.0 Å². The molecule has 0 aliphatic heterocycles. The average Bonchev–Trinajstić information content (AvgIpc) is 2.58. The third-order valence-corrected chi connectivity index (χ3v) is 5.73. The van der Waals surface area contributed by atoms with E-state index in [9.17, 15) is 0 Å². The molecular weight excluding hydrogens is 374 g/mol. The summed E-state index contributed by atoms with van der Waals surface area (Å²) >= 11 is 9.04. The zero-order valence-corrected chi connectivity index (χ0v) is 14.6. The number of nitrogens with one attached hydrogen (secondary N) is 1. The number of hydrogen-bond donors (Lipinski definition) is 1. The first-order valence-electron chi connectivity index (χ1n) is 6.59. The maximum absolute atomic E-state index is 3.70. The lowest BCUT2D eigenvalue weighted by atomic mass is 9.97. The van der Waals surface area contributed by atoms with E-state index in [1.165, 1.54) is 45.2 Å². The van der Waals surface area contributed by atoms with Gasteiger partial charge in [0.15, 0.2) is 0 Å². The monoisotopic (exact) mass is 391 g/mol. The molecule has 1 aliphatic carbocycles. The van der Waals surface area contributed by atoms with E-state index in [1.807, 2.05) is 0 Å². The van der Waals surface area contributed by atoms with Gasteiger partial charge in [-0.2, -0.15) is 0 Å². The fourth-order valence-corrected chi connectivity index (χ4v) is 5.40. The van der Waals surface area contributed by atoms with Gasteiger partial charge in [-0.15, -0.1) is 11.3 Å². The Morgan fingerprint density at radius 3 is 2.83 bits per heavy atom. The van der Waals surface area contributed by atoms with Crippen molar-refractivity contribution in [1.29, 1.82) is 0 Å². The molecule has 0 bridgehead atoms. The zero-order chi connectivity index (χ0) is 13.0. The predicted octanol–water partition coefficient (Wildman–Crippen LogP) is 5.81. The van der Waals surface area contributed by atoms with E-state index < -0.39 is 0 Å². The Kier molecular flexibility index (Phi) is 5.93. The molecule has 100 valence electrons. The summed E-state index contributed by atoms with van der Waals surface area (Å²) in [5.74, 6) is 0. The van der Waals surface area contributed by atoms with Crippen molar-refractivity contribution in [3.63, 3.8) is 0 Å². The first kappa shape index (κ1) is 14.8. The number of allylic oxidation sites excluding steroid dienone is 1. The molecule has 0 fully saturated rings. The van der Waals surface area contributed by atoms with Crippen LogP contribution in [0.25, 0.3) is 0 Å². The van der Waals surface area contributed by atoms with E-state index >= 15 is 0 Å². The molecule has 0 saturated carbocycles. The topological polar surface area (TPSA) is 12.0 Å². The molecule has 18 heavy (non-hydrogen) atoms. The van der Waals surface area contributed by atoms with Crippen molar-refractivity contribution in [3.05, 3.63) is 30.9 Å². The molecular formula is C14H19Br2NS. The summed E-state index contributed by atoms with van der Waals surface area (Å²) in [7, 11) is 0. The highest BCUT2D eigenvalue weighted by atomic mass is 79.9. The average molecular weight is 393 g/mol. The zero-order valence-electron chi connectivity index (χ0n) is 10.6. The molecule has 1 atom stereocenters. The van der Waals surface area contributed by atoms with Crippen molar-refractivity contribution < 1.29 is 0 Å². The first-order valence-corrected chi connectivity index (χ1v) is 8.99. The van der Waals surface area contributed by atoms with Crippen LogP contribution in [0.2, 0.25) is 0 Å². The van der Waals surface area contributed by atoms with E-state index in [-0.39, 0.29) is 0 Å². The molecule has 1 N–H and O–H groups in total. The van der Waals surface area contributed by atoms with Crippen LogP contribution in [-0.4, -0.2) is 6.54 Å². The van der Waals surface area contributed by atoms with Gasteiger partial charge in [0, 0.05) is 0 Å². The molecule has 4 heteroatoms. The van der Waals surface area contributed by atoms with Crippen molar-refractivity contribution >= 4 is 43.2 Å². The van der Waals surface area contributed by atoms with Gasteiger partial charge in [0.2, 0.25) is 0 Å². The lowest BCUT2D eigenvalue weighted by Crippen LogP contribution is -2.22. The van der Waals surface area contributed by atoms with Crippen LogP contribution < -0.4 is 5.32 Å². The van der Waals surface area contributed by atoms with Crippen LogP contribution in [0.1, 0.15) is 50.6 Å². The third-order valence-electron chi connectivity index (χ3n) is 3.35. The third kappa shape index (κ3) is 3.69. The van der Waals surface area contributed by atoms with Gasteiger partial charge in [-0.05, 0) is 75.7 Å². The Labute approximate surface area is 130 Å². The second-order valence-electron chi connectivity index (χ2n) is 4.65. The highest BCUT2D eigenvalue weighted by molar-refractivity contribution is 9.12. The number of thiophene rings is 1. The molecule has 0 amide bonds. The first-order chi connectivity index (χ1) is 8.72. The second kappa shape index (κ2) is 7.22. The lowest BCUT2D eigenvalue weighted by molar-refractivity contribution is 0.589. The van der Waals surface area contributed by atoms with Crippen LogP contribution in [0.4, 0.5) is 0 Å². The van der Waals surface area contributed by atoms with Crippen molar-refractivity contribution in [2.75, 3.05) is 6.54 Å². The molecule has 1 nitrogen and oxygen atoms in total. The maximum atomic E-state index is 3.70. The van der Waals surface area contributed by atoms with Gasteiger partial charge in [-0.3, -0.25) is 0 Å². The van der Waals surface area contributed by atoms with Gasteiger partial charge < -0.3 is 5.32 Å². The Morgan fingerprint density at radius 1 is 1.33 bits per heavy atom. The maximum Gasteiger partial charge on any atom is 0.0761 e. The van der Waals surface area contributed by atoms with E-state index in [4.69, 9.17) is 0 Å². The molecule has 1 heterocycles. The summed E-state index contributed by atoms with van der Waals surface area (Å²) in [6, 6.07) is 2.62. The van der Waals surface area contributed by atoms with Gasteiger partial charge in [-0.25, -0.2) is 0 Å². The molecule has 1 unspecified atom stereocenters. The van der Waals surface area contributed by atoms with Crippen molar-refractivity contribution in [2.45, 2.75) is 45.1 Å². The number of rotatable bonds is 4.